The van der Waals surface area contributed by atoms with E-state index in [1.165, 1.54) is 11.1 Å². The van der Waals surface area contributed by atoms with Crippen molar-refractivity contribution in [3.63, 3.8) is 0 Å². The standard InChI is InChI=1S/C22H32N2O/c1-3-20(23)15-22(25)21(4-2)24(16-18-11-7-5-8-12-18)17-19-13-9-6-10-14-19/h5-14,20-22,25H,3-4,15-17,23H2,1-2H3. The summed E-state index contributed by atoms with van der Waals surface area (Å²) in [6, 6.07) is 21.1. The van der Waals surface area contributed by atoms with Crippen LogP contribution < -0.4 is 5.73 Å². The van der Waals surface area contributed by atoms with Crippen LogP contribution >= 0.6 is 0 Å². The van der Waals surface area contributed by atoms with E-state index in [2.05, 4.69) is 67.3 Å². The minimum absolute atomic E-state index is 0.0550. The van der Waals surface area contributed by atoms with Gasteiger partial charge in [-0.2, -0.15) is 0 Å². The lowest BCUT2D eigenvalue weighted by molar-refractivity contribution is 0.0279. The van der Waals surface area contributed by atoms with E-state index >= 15 is 0 Å². The van der Waals surface area contributed by atoms with Crippen molar-refractivity contribution in [1.82, 2.24) is 4.90 Å². The zero-order chi connectivity index (χ0) is 18.1. The summed E-state index contributed by atoms with van der Waals surface area (Å²) in [6.45, 7) is 5.87. The first-order valence-electron chi connectivity index (χ1n) is 9.39. The van der Waals surface area contributed by atoms with Gasteiger partial charge < -0.3 is 10.8 Å². The van der Waals surface area contributed by atoms with Crippen LogP contribution in [0, 0.1) is 0 Å². The third-order valence-corrected chi connectivity index (χ3v) is 4.86. The number of hydrogen-bond acceptors (Lipinski definition) is 3. The number of benzene rings is 2. The first-order valence-corrected chi connectivity index (χ1v) is 9.39. The van der Waals surface area contributed by atoms with Crippen LogP contribution in [0.15, 0.2) is 60.7 Å². The normalized spacial score (nSPS) is 15.1. The molecular weight excluding hydrogens is 308 g/mol. The maximum absolute atomic E-state index is 10.8. The lowest BCUT2D eigenvalue weighted by atomic mass is 9.97. The van der Waals surface area contributed by atoms with Gasteiger partial charge in [0.25, 0.3) is 0 Å². The second kappa shape index (κ2) is 10.3. The molecule has 0 bridgehead atoms. The maximum Gasteiger partial charge on any atom is 0.0710 e. The van der Waals surface area contributed by atoms with Crippen LogP contribution in [-0.2, 0) is 13.1 Å². The monoisotopic (exact) mass is 340 g/mol. The van der Waals surface area contributed by atoms with Crippen LogP contribution in [0.25, 0.3) is 0 Å². The Balaban J connectivity index is 2.18. The molecule has 3 heteroatoms. The minimum Gasteiger partial charge on any atom is -0.391 e. The number of hydrogen-bond donors (Lipinski definition) is 2. The first-order chi connectivity index (χ1) is 12.1. The molecule has 3 nitrogen and oxygen atoms in total. The van der Waals surface area contributed by atoms with Crippen LogP contribution in [0.5, 0.6) is 0 Å². The van der Waals surface area contributed by atoms with Gasteiger partial charge in [0.05, 0.1) is 6.10 Å². The number of aliphatic hydroxyl groups is 1. The van der Waals surface area contributed by atoms with E-state index in [4.69, 9.17) is 5.73 Å². The maximum atomic E-state index is 10.8. The van der Waals surface area contributed by atoms with Crippen molar-refractivity contribution in [1.29, 1.82) is 0 Å². The molecule has 0 aliphatic carbocycles. The summed E-state index contributed by atoms with van der Waals surface area (Å²) in [4.78, 5) is 2.39. The van der Waals surface area contributed by atoms with Crippen LogP contribution in [-0.4, -0.2) is 28.2 Å². The number of nitrogens with zero attached hydrogens (tertiary/aromatic N) is 1. The molecule has 3 atom stereocenters. The molecule has 136 valence electrons. The Hall–Kier alpha value is -1.68. The van der Waals surface area contributed by atoms with Crippen molar-refractivity contribution in [2.75, 3.05) is 0 Å². The van der Waals surface area contributed by atoms with Crippen LogP contribution in [0.3, 0.4) is 0 Å². The lowest BCUT2D eigenvalue weighted by Gasteiger charge is -2.35. The highest BCUT2D eigenvalue weighted by Gasteiger charge is 2.26. The Labute approximate surface area is 152 Å². The van der Waals surface area contributed by atoms with Crippen molar-refractivity contribution >= 4 is 0 Å². The van der Waals surface area contributed by atoms with Crippen LogP contribution in [0.2, 0.25) is 0 Å². The lowest BCUT2D eigenvalue weighted by Crippen LogP contribution is -2.44. The largest absolute Gasteiger partial charge is 0.391 e. The van der Waals surface area contributed by atoms with Gasteiger partial charge >= 0.3 is 0 Å². The topological polar surface area (TPSA) is 49.5 Å². The van der Waals surface area contributed by atoms with Crippen LogP contribution in [0.1, 0.15) is 44.2 Å². The van der Waals surface area contributed by atoms with Gasteiger partial charge in [-0.3, -0.25) is 4.90 Å². The van der Waals surface area contributed by atoms with Gasteiger partial charge in [-0.05, 0) is 30.4 Å². The summed E-state index contributed by atoms with van der Waals surface area (Å²) < 4.78 is 0. The molecule has 0 aromatic heterocycles. The van der Waals surface area contributed by atoms with Gasteiger partial charge in [-0.1, -0.05) is 74.5 Å². The predicted molar refractivity (Wildman–Crippen MR) is 105 cm³/mol. The molecule has 0 aliphatic heterocycles. The first kappa shape index (κ1) is 19.6. The SMILES string of the molecule is CCC(N)CC(O)C(CC)N(Cc1ccccc1)Cc1ccccc1. The quantitative estimate of drug-likeness (QED) is 0.688. The summed E-state index contributed by atoms with van der Waals surface area (Å²) in [5.74, 6) is 0. The fourth-order valence-corrected chi connectivity index (χ4v) is 3.33. The van der Waals surface area contributed by atoms with Crippen molar-refractivity contribution in [2.24, 2.45) is 5.73 Å². The number of nitrogens with two attached hydrogens (primary N) is 1. The molecule has 0 spiro atoms. The Morgan fingerprint density at radius 2 is 1.32 bits per heavy atom. The second-order valence-electron chi connectivity index (χ2n) is 6.82. The molecule has 0 aliphatic rings. The Bertz CT molecular complexity index is 546. The molecule has 0 fully saturated rings. The second-order valence-corrected chi connectivity index (χ2v) is 6.82. The molecule has 2 aromatic carbocycles. The van der Waals surface area contributed by atoms with E-state index in [-0.39, 0.29) is 12.1 Å². The number of aliphatic hydroxyl groups excluding tert-OH is 1. The molecule has 0 saturated heterocycles. The van der Waals surface area contributed by atoms with E-state index in [1.807, 2.05) is 12.1 Å². The van der Waals surface area contributed by atoms with Crippen molar-refractivity contribution in [3.05, 3.63) is 71.8 Å². The van der Waals surface area contributed by atoms with Gasteiger partial charge in [0.15, 0.2) is 0 Å². The smallest absolute Gasteiger partial charge is 0.0710 e. The summed E-state index contributed by atoms with van der Waals surface area (Å²) in [5.41, 5.74) is 8.63. The van der Waals surface area contributed by atoms with Crippen LogP contribution in [0.4, 0.5) is 0 Å². The molecule has 0 amide bonds. The molecular formula is C22H32N2O. The molecule has 0 saturated carbocycles. The fraction of sp³-hybridized carbons (Fsp3) is 0.455. The van der Waals surface area contributed by atoms with E-state index < -0.39 is 6.10 Å². The zero-order valence-corrected chi connectivity index (χ0v) is 15.5. The Kier molecular flexibility index (Phi) is 8.13. The Morgan fingerprint density at radius 1 is 0.840 bits per heavy atom. The average Bonchev–Trinajstić information content (AvgIpc) is 2.63. The molecule has 25 heavy (non-hydrogen) atoms. The van der Waals surface area contributed by atoms with Gasteiger partial charge in [0, 0.05) is 25.2 Å². The van der Waals surface area contributed by atoms with E-state index in [1.54, 1.807) is 0 Å². The zero-order valence-electron chi connectivity index (χ0n) is 15.5. The Morgan fingerprint density at radius 3 is 1.72 bits per heavy atom. The van der Waals surface area contributed by atoms with Gasteiger partial charge in [-0.25, -0.2) is 0 Å². The van der Waals surface area contributed by atoms with E-state index in [0.29, 0.717) is 6.42 Å². The highest BCUT2D eigenvalue weighted by molar-refractivity contribution is 5.17. The molecule has 2 aromatic rings. The highest BCUT2D eigenvalue weighted by atomic mass is 16.3. The summed E-state index contributed by atoms with van der Waals surface area (Å²) in [6.07, 6.45) is 2.03. The fourth-order valence-electron chi connectivity index (χ4n) is 3.33. The van der Waals surface area contributed by atoms with Gasteiger partial charge in [0.1, 0.15) is 0 Å². The van der Waals surface area contributed by atoms with Gasteiger partial charge in [-0.15, -0.1) is 0 Å². The molecule has 2 rings (SSSR count). The minimum atomic E-state index is -0.410. The summed E-state index contributed by atoms with van der Waals surface area (Å²) >= 11 is 0. The third kappa shape index (κ3) is 6.28. The number of rotatable bonds is 10. The highest BCUT2D eigenvalue weighted by Crippen LogP contribution is 2.20. The molecule has 3 unspecified atom stereocenters. The third-order valence-electron chi connectivity index (χ3n) is 4.86. The van der Waals surface area contributed by atoms with E-state index in [9.17, 15) is 5.11 Å². The predicted octanol–water partition coefficient (Wildman–Crippen LogP) is 3.96. The molecule has 0 heterocycles. The van der Waals surface area contributed by atoms with E-state index in [0.717, 1.165) is 25.9 Å². The summed E-state index contributed by atoms with van der Waals surface area (Å²) in [5, 5.41) is 10.8. The van der Waals surface area contributed by atoms with Crippen molar-refractivity contribution in [2.45, 2.75) is 64.4 Å². The summed E-state index contributed by atoms with van der Waals surface area (Å²) in [7, 11) is 0. The molecule has 0 radical (unpaired) electrons. The molecule has 3 N–H and O–H groups in total. The average molecular weight is 341 g/mol. The van der Waals surface area contributed by atoms with Crippen molar-refractivity contribution in [3.8, 4) is 0 Å². The van der Waals surface area contributed by atoms with Gasteiger partial charge in [0.2, 0.25) is 0 Å². The van der Waals surface area contributed by atoms with Crippen molar-refractivity contribution < 1.29 is 5.11 Å².